The molecule has 0 aliphatic heterocycles. The maximum absolute atomic E-state index is 9.80. The Morgan fingerprint density at radius 1 is 1.11 bits per heavy atom. The standard InChI is InChI=1S/C15H18O2S/c1-12-4-2-3-5-14(12)15(10-16,11-17)8-13-6-7-18-9-13/h2-7,9,16-17H,8,10-11H2,1H3. The van der Waals surface area contributed by atoms with Crippen LogP contribution in [0.5, 0.6) is 0 Å². The molecule has 0 bridgehead atoms. The lowest BCUT2D eigenvalue weighted by atomic mass is 9.75. The first-order valence-corrected chi connectivity index (χ1v) is 6.95. The average molecular weight is 262 g/mol. The highest BCUT2D eigenvalue weighted by atomic mass is 32.1. The highest BCUT2D eigenvalue weighted by Gasteiger charge is 2.32. The van der Waals surface area contributed by atoms with Gasteiger partial charge in [0.15, 0.2) is 0 Å². The zero-order chi connectivity index (χ0) is 13.0. The van der Waals surface area contributed by atoms with Gasteiger partial charge in [0.2, 0.25) is 0 Å². The third-order valence-corrected chi connectivity index (χ3v) is 4.18. The summed E-state index contributed by atoms with van der Waals surface area (Å²) in [5.41, 5.74) is 2.70. The molecule has 0 atom stereocenters. The van der Waals surface area contributed by atoms with E-state index in [1.807, 2.05) is 42.6 Å². The largest absolute Gasteiger partial charge is 0.395 e. The summed E-state index contributed by atoms with van der Waals surface area (Å²) in [6, 6.07) is 9.99. The van der Waals surface area contributed by atoms with Crippen LogP contribution in [0.15, 0.2) is 41.1 Å². The minimum atomic E-state index is -0.591. The molecule has 0 unspecified atom stereocenters. The Hall–Kier alpha value is -1.16. The topological polar surface area (TPSA) is 40.5 Å². The Morgan fingerprint density at radius 3 is 2.39 bits per heavy atom. The number of thiophene rings is 1. The zero-order valence-electron chi connectivity index (χ0n) is 10.5. The van der Waals surface area contributed by atoms with Crippen LogP contribution in [0.1, 0.15) is 16.7 Å². The first-order chi connectivity index (χ1) is 8.72. The van der Waals surface area contributed by atoms with Crippen LogP contribution in [0, 0.1) is 6.92 Å². The van der Waals surface area contributed by atoms with Crippen LogP contribution in [-0.4, -0.2) is 23.4 Å². The van der Waals surface area contributed by atoms with Gasteiger partial charge < -0.3 is 10.2 Å². The smallest absolute Gasteiger partial charge is 0.0553 e. The number of aliphatic hydroxyl groups excluding tert-OH is 2. The van der Waals surface area contributed by atoms with Crippen LogP contribution in [-0.2, 0) is 11.8 Å². The van der Waals surface area contributed by atoms with E-state index < -0.39 is 5.41 Å². The van der Waals surface area contributed by atoms with Crippen molar-refractivity contribution in [3.8, 4) is 0 Å². The van der Waals surface area contributed by atoms with Crippen LogP contribution < -0.4 is 0 Å². The maximum atomic E-state index is 9.80. The van der Waals surface area contributed by atoms with Crippen molar-refractivity contribution in [2.24, 2.45) is 0 Å². The van der Waals surface area contributed by atoms with Gasteiger partial charge in [0.05, 0.1) is 13.2 Å². The van der Waals surface area contributed by atoms with Crippen LogP contribution >= 0.6 is 11.3 Å². The van der Waals surface area contributed by atoms with E-state index in [0.717, 1.165) is 16.7 Å². The summed E-state index contributed by atoms with van der Waals surface area (Å²) < 4.78 is 0. The molecule has 2 aromatic rings. The summed E-state index contributed by atoms with van der Waals surface area (Å²) >= 11 is 1.64. The molecular formula is C15H18O2S. The molecule has 0 amide bonds. The molecule has 18 heavy (non-hydrogen) atoms. The van der Waals surface area contributed by atoms with Gasteiger partial charge in [-0.05, 0) is 46.9 Å². The quantitative estimate of drug-likeness (QED) is 0.869. The molecule has 1 aromatic carbocycles. The van der Waals surface area contributed by atoms with Crippen molar-refractivity contribution in [3.05, 3.63) is 57.8 Å². The highest BCUT2D eigenvalue weighted by Crippen LogP contribution is 2.31. The molecule has 0 spiro atoms. The normalized spacial score (nSPS) is 11.7. The summed E-state index contributed by atoms with van der Waals surface area (Å²) in [4.78, 5) is 0. The van der Waals surface area contributed by atoms with Crippen molar-refractivity contribution < 1.29 is 10.2 Å². The molecule has 2 nitrogen and oxygen atoms in total. The second-order valence-electron chi connectivity index (χ2n) is 4.72. The highest BCUT2D eigenvalue weighted by molar-refractivity contribution is 7.07. The number of rotatable bonds is 5. The van der Waals surface area contributed by atoms with Gasteiger partial charge in [-0.1, -0.05) is 24.3 Å². The van der Waals surface area contributed by atoms with Gasteiger partial charge >= 0.3 is 0 Å². The minimum Gasteiger partial charge on any atom is -0.395 e. The molecule has 2 N–H and O–H groups in total. The fraction of sp³-hybridized carbons (Fsp3) is 0.333. The molecule has 1 heterocycles. The van der Waals surface area contributed by atoms with E-state index >= 15 is 0 Å². The predicted molar refractivity (Wildman–Crippen MR) is 75.1 cm³/mol. The Balaban J connectivity index is 2.40. The van der Waals surface area contributed by atoms with E-state index in [9.17, 15) is 10.2 Å². The van der Waals surface area contributed by atoms with E-state index in [-0.39, 0.29) is 13.2 Å². The molecule has 0 saturated carbocycles. The van der Waals surface area contributed by atoms with Gasteiger partial charge in [0.1, 0.15) is 0 Å². The first kappa shape index (κ1) is 13.3. The minimum absolute atomic E-state index is 0.0514. The Labute approximate surface area is 112 Å². The molecule has 0 fully saturated rings. The predicted octanol–water partition coefficient (Wildman–Crippen LogP) is 2.52. The average Bonchev–Trinajstić information content (AvgIpc) is 2.90. The van der Waals surface area contributed by atoms with Crippen molar-refractivity contribution >= 4 is 11.3 Å². The Bertz CT molecular complexity index is 487. The molecule has 1 aromatic heterocycles. The molecule has 96 valence electrons. The molecule has 3 heteroatoms. The molecule has 2 rings (SSSR count). The number of hydrogen-bond acceptors (Lipinski definition) is 3. The number of aryl methyl sites for hydroxylation is 1. The lowest BCUT2D eigenvalue weighted by molar-refractivity contribution is 0.116. The fourth-order valence-electron chi connectivity index (χ4n) is 2.38. The molecule has 0 aliphatic carbocycles. The Kier molecular flexibility index (Phi) is 4.17. The summed E-state index contributed by atoms with van der Waals surface area (Å²) in [6.45, 7) is 1.91. The second kappa shape index (κ2) is 5.65. The van der Waals surface area contributed by atoms with Crippen molar-refractivity contribution in [1.29, 1.82) is 0 Å². The third-order valence-electron chi connectivity index (χ3n) is 3.44. The van der Waals surface area contributed by atoms with Gasteiger partial charge in [-0.25, -0.2) is 0 Å². The van der Waals surface area contributed by atoms with Crippen LogP contribution in [0.2, 0.25) is 0 Å². The SMILES string of the molecule is Cc1ccccc1C(CO)(CO)Cc1ccsc1. The third kappa shape index (κ3) is 2.48. The molecule has 0 saturated heterocycles. The van der Waals surface area contributed by atoms with Crippen LogP contribution in [0.4, 0.5) is 0 Å². The summed E-state index contributed by atoms with van der Waals surface area (Å²) in [7, 11) is 0. The fourth-order valence-corrected chi connectivity index (χ4v) is 3.05. The van der Waals surface area contributed by atoms with Gasteiger partial charge in [-0.2, -0.15) is 11.3 Å². The monoisotopic (exact) mass is 262 g/mol. The molecule has 0 aliphatic rings. The zero-order valence-corrected chi connectivity index (χ0v) is 11.3. The molecular weight excluding hydrogens is 244 g/mol. The summed E-state index contributed by atoms with van der Waals surface area (Å²) in [5.74, 6) is 0. The van der Waals surface area contributed by atoms with Gasteiger partial charge in [0.25, 0.3) is 0 Å². The number of aliphatic hydroxyl groups is 2. The first-order valence-electron chi connectivity index (χ1n) is 6.01. The number of benzene rings is 1. The summed E-state index contributed by atoms with van der Waals surface area (Å²) in [6.07, 6.45) is 0.661. The number of hydrogen-bond donors (Lipinski definition) is 2. The van der Waals surface area contributed by atoms with Gasteiger partial charge in [0, 0.05) is 5.41 Å². The second-order valence-corrected chi connectivity index (χ2v) is 5.50. The van der Waals surface area contributed by atoms with Crippen molar-refractivity contribution in [2.75, 3.05) is 13.2 Å². The Morgan fingerprint density at radius 2 is 1.83 bits per heavy atom. The van der Waals surface area contributed by atoms with Crippen molar-refractivity contribution in [2.45, 2.75) is 18.8 Å². The van der Waals surface area contributed by atoms with E-state index in [1.54, 1.807) is 11.3 Å². The van der Waals surface area contributed by atoms with Gasteiger partial charge in [-0.15, -0.1) is 0 Å². The summed E-state index contributed by atoms with van der Waals surface area (Å²) in [5, 5.41) is 23.7. The van der Waals surface area contributed by atoms with E-state index in [0.29, 0.717) is 6.42 Å². The van der Waals surface area contributed by atoms with Crippen LogP contribution in [0.25, 0.3) is 0 Å². The van der Waals surface area contributed by atoms with Crippen LogP contribution in [0.3, 0.4) is 0 Å². The van der Waals surface area contributed by atoms with E-state index in [2.05, 4.69) is 5.38 Å². The van der Waals surface area contributed by atoms with Gasteiger partial charge in [-0.3, -0.25) is 0 Å². The lowest BCUT2D eigenvalue weighted by Crippen LogP contribution is -2.37. The van der Waals surface area contributed by atoms with E-state index in [4.69, 9.17) is 0 Å². The van der Waals surface area contributed by atoms with Crippen molar-refractivity contribution in [1.82, 2.24) is 0 Å². The van der Waals surface area contributed by atoms with E-state index in [1.165, 1.54) is 0 Å². The maximum Gasteiger partial charge on any atom is 0.0553 e. The van der Waals surface area contributed by atoms with Crippen molar-refractivity contribution in [3.63, 3.8) is 0 Å². The molecule has 0 radical (unpaired) electrons. The lowest BCUT2D eigenvalue weighted by Gasteiger charge is -2.31.